The number of carbonyl (C=O) groups is 1. The molecule has 0 aliphatic rings. The normalized spacial score (nSPS) is 10.3. The molecule has 1 heterocycles. The highest BCUT2D eigenvalue weighted by Crippen LogP contribution is 2.24. The monoisotopic (exact) mass is 293 g/mol. The molecule has 0 saturated heterocycles. The van der Waals surface area contributed by atoms with E-state index in [1.165, 1.54) is 6.20 Å². The second-order valence-corrected chi connectivity index (χ2v) is 4.70. The first kappa shape index (κ1) is 11.9. The van der Waals surface area contributed by atoms with E-state index in [1.54, 1.807) is 0 Å². The molecule has 0 unspecified atom stereocenters. The van der Waals surface area contributed by atoms with Crippen molar-refractivity contribution < 1.29 is 4.79 Å². The Morgan fingerprint density at radius 2 is 2.18 bits per heavy atom. The first-order valence-electron chi connectivity index (χ1n) is 5.15. The van der Waals surface area contributed by atoms with Crippen molar-refractivity contribution in [1.29, 1.82) is 0 Å². The van der Waals surface area contributed by atoms with Gasteiger partial charge in [0.2, 0.25) is 0 Å². The average molecular weight is 294 g/mol. The van der Waals surface area contributed by atoms with E-state index < -0.39 is 0 Å². The van der Waals surface area contributed by atoms with Crippen LogP contribution in [0.5, 0.6) is 0 Å². The lowest BCUT2D eigenvalue weighted by atomic mass is 10.2. The highest BCUT2D eigenvalue weighted by Gasteiger charge is 2.12. The molecule has 0 bridgehead atoms. The van der Waals surface area contributed by atoms with Crippen molar-refractivity contribution in [3.05, 3.63) is 45.7 Å². The average Bonchev–Trinajstić information content (AvgIpc) is 2.68. The summed E-state index contributed by atoms with van der Waals surface area (Å²) < 4.78 is 0.868. The van der Waals surface area contributed by atoms with Gasteiger partial charge in [0.05, 0.1) is 17.4 Å². The molecule has 0 radical (unpaired) electrons. The van der Waals surface area contributed by atoms with Gasteiger partial charge in [0.1, 0.15) is 0 Å². The molecule has 5 heteroatoms. The van der Waals surface area contributed by atoms with E-state index in [2.05, 4.69) is 31.4 Å². The van der Waals surface area contributed by atoms with Crippen LogP contribution in [0.2, 0.25) is 0 Å². The molecule has 17 heavy (non-hydrogen) atoms. The van der Waals surface area contributed by atoms with E-state index in [0.29, 0.717) is 5.56 Å². The fourth-order valence-corrected chi connectivity index (χ4v) is 2.08. The number of H-pyrrole nitrogens is 1. The molecule has 2 aromatic rings. The van der Waals surface area contributed by atoms with E-state index in [9.17, 15) is 4.79 Å². The van der Waals surface area contributed by atoms with Gasteiger partial charge in [-0.15, -0.1) is 0 Å². The summed E-state index contributed by atoms with van der Waals surface area (Å²) in [4.78, 5) is 11.9. The van der Waals surface area contributed by atoms with Gasteiger partial charge in [0.25, 0.3) is 5.91 Å². The Bertz CT molecular complexity index is 563. The third-order valence-corrected chi connectivity index (χ3v) is 3.10. The summed E-state index contributed by atoms with van der Waals surface area (Å²) in [6.07, 6.45) is 1.52. The molecule has 2 N–H and O–H groups in total. The lowest BCUT2D eigenvalue weighted by Gasteiger charge is -2.07. The Balaban J connectivity index is 2.22. The van der Waals surface area contributed by atoms with Crippen LogP contribution in [0.4, 0.5) is 5.69 Å². The third kappa shape index (κ3) is 2.55. The number of nitrogens with one attached hydrogen (secondary N) is 2. The van der Waals surface area contributed by atoms with Crippen molar-refractivity contribution in [3.8, 4) is 0 Å². The minimum Gasteiger partial charge on any atom is -0.321 e. The quantitative estimate of drug-likeness (QED) is 0.894. The van der Waals surface area contributed by atoms with Crippen LogP contribution in [0, 0.1) is 13.8 Å². The zero-order valence-electron chi connectivity index (χ0n) is 9.54. The Hall–Kier alpha value is -1.62. The SMILES string of the molecule is Cc1ccc(NC(=O)c2cn[nH]c2C)c(Br)c1. The summed E-state index contributed by atoms with van der Waals surface area (Å²) in [6, 6.07) is 5.77. The number of rotatable bonds is 2. The lowest BCUT2D eigenvalue weighted by molar-refractivity contribution is 0.102. The van der Waals surface area contributed by atoms with Crippen molar-refractivity contribution in [3.63, 3.8) is 0 Å². The number of halogens is 1. The Labute approximate surface area is 108 Å². The Kier molecular flexibility index (Phi) is 3.28. The van der Waals surface area contributed by atoms with Crippen molar-refractivity contribution >= 4 is 27.5 Å². The Morgan fingerprint density at radius 3 is 2.76 bits per heavy atom. The maximum atomic E-state index is 11.9. The van der Waals surface area contributed by atoms with Crippen LogP contribution in [-0.2, 0) is 0 Å². The van der Waals surface area contributed by atoms with E-state index in [0.717, 1.165) is 21.4 Å². The summed E-state index contributed by atoms with van der Waals surface area (Å²) >= 11 is 3.42. The van der Waals surface area contributed by atoms with Gasteiger partial charge in [-0.1, -0.05) is 6.07 Å². The van der Waals surface area contributed by atoms with Gasteiger partial charge < -0.3 is 5.32 Å². The van der Waals surface area contributed by atoms with Gasteiger partial charge in [0.15, 0.2) is 0 Å². The molecule has 88 valence electrons. The lowest BCUT2D eigenvalue weighted by Crippen LogP contribution is -2.12. The number of hydrogen-bond acceptors (Lipinski definition) is 2. The van der Waals surface area contributed by atoms with E-state index in [4.69, 9.17) is 0 Å². The molecule has 1 aromatic carbocycles. The number of nitrogens with zero attached hydrogens (tertiary/aromatic N) is 1. The smallest absolute Gasteiger partial charge is 0.259 e. The van der Waals surface area contributed by atoms with E-state index in [-0.39, 0.29) is 5.91 Å². The van der Waals surface area contributed by atoms with Gasteiger partial charge in [-0.3, -0.25) is 9.89 Å². The minimum absolute atomic E-state index is 0.166. The second kappa shape index (κ2) is 4.71. The number of aromatic nitrogens is 2. The van der Waals surface area contributed by atoms with Crippen LogP contribution >= 0.6 is 15.9 Å². The van der Waals surface area contributed by atoms with Crippen LogP contribution in [0.25, 0.3) is 0 Å². The predicted molar refractivity (Wildman–Crippen MR) is 70.2 cm³/mol. The standard InChI is InChI=1S/C12H12BrN3O/c1-7-3-4-11(10(13)5-7)15-12(17)9-6-14-16-8(9)2/h3-6H,1-2H3,(H,14,16)(H,15,17). The summed E-state index contributed by atoms with van der Waals surface area (Å²) in [5.74, 6) is -0.166. The van der Waals surface area contributed by atoms with Crippen molar-refractivity contribution in [2.45, 2.75) is 13.8 Å². The largest absolute Gasteiger partial charge is 0.321 e. The fraction of sp³-hybridized carbons (Fsp3) is 0.167. The zero-order chi connectivity index (χ0) is 12.4. The molecular formula is C12H12BrN3O. The fourth-order valence-electron chi connectivity index (χ4n) is 1.49. The molecule has 0 aliphatic carbocycles. The van der Waals surface area contributed by atoms with Crippen LogP contribution < -0.4 is 5.32 Å². The number of benzene rings is 1. The summed E-state index contributed by atoms with van der Waals surface area (Å²) in [7, 11) is 0. The van der Waals surface area contributed by atoms with Crippen LogP contribution in [0.15, 0.2) is 28.9 Å². The highest BCUT2D eigenvalue weighted by molar-refractivity contribution is 9.10. The first-order valence-corrected chi connectivity index (χ1v) is 5.94. The van der Waals surface area contributed by atoms with Crippen molar-refractivity contribution in [1.82, 2.24) is 10.2 Å². The van der Waals surface area contributed by atoms with Crippen LogP contribution in [0.3, 0.4) is 0 Å². The molecular weight excluding hydrogens is 282 g/mol. The van der Waals surface area contributed by atoms with Gasteiger partial charge in [-0.2, -0.15) is 5.10 Å². The molecule has 4 nitrogen and oxygen atoms in total. The number of hydrogen-bond donors (Lipinski definition) is 2. The molecule has 1 amide bonds. The van der Waals surface area contributed by atoms with Gasteiger partial charge in [0, 0.05) is 10.2 Å². The first-order chi connectivity index (χ1) is 8.08. The molecule has 1 aromatic heterocycles. The number of carbonyl (C=O) groups excluding carboxylic acids is 1. The molecule has 0 fully saturated rings. The molecule has 0 atom stereocenters. The maximum absolute atomic E-state index is 11.9. The summed E-state index contributed by atoms with van der Waals surface area (Å²) in [6.45, 7) is 3.81. The molecule has 2 rings (SSSR count). The molecule has 0 spiro atoms. The van der Waals surface area contributed by atoms with Crippen molar-refractivity contribution in [2.24, 2.45) is 0 Å². The number of aryl methyl sites for hydroxylation is 2. The highest BCUT2D eigenvalue weighted by atomic mass is 79.9. The van der Waals surface area contributed by atoms with E-state index in [1.807, 2.05) is 32.0 Å². The van der Waals surface area contributed by atoms with Crippen molar-refractivity contribution in [2.75, 3.05) is 5.32 Å². The summed E-state index contributed by atoms with van der Waals surface area (Å²) in [5, 5.41) is 9.39. The van der Waals surface area contributed by atoms with Gasteiger partial charge in [-0.25, -0.2) is 0 Å². The second-order valence-electron chi connectivity index (χ2n) is 3.85. The maximum Gasteiger partial charge on any atom is 0.259 e. The topological polar surface area (TPSA) is 57.8 Å². The van der Waals surface area contributed by atoms with Crippen LogP contribution in [0.1, 0.15) is 21.6 Å². The van der Waals surface area contributed by atoms with E-state index >= 15 is 0 Å². The minimum atomic E-state index is -0.166. The zero-order valence-corrected chi connectivity index (χ0v) is 11.1. The number of amides is 1. The molecule has 0 saturated carbocycles. The van der Waals surface area contributed by atoms with Crippen LogP contribution in [-0.4, -0.2) is 16.1 Å². The molecule has 0 aliphatic heterocycles. The number of aromatic amines is 1. The predicted octanol–water partition coefficient (Wildman–Crippen LogP) is 3.04. The van der Waals surface area contributed by atoms with Gasteiger partial charge in [-0.05, 0) is 47.5 Å². The Morgan fingerprint density at radius 1 is 1.41 bits per heavy atom. The van der Waals surface area contributed by atoms with Gasteiger partial charge >= 0.3 is 0 Å². The third-order valence-electron chi connectivity index (χ3n) is 2.45. The number of anilines is 1. The summed E-state index contributed by atoms with van der Waals surface area (Å²) in [5.41, 5.74) is 3.19.